The van der Waals surface area contributed by atoms with Gasteiger partial charge in [-0.3, -0.25) is 0 Å². The second kappa shape index (κ2) is 6.12. The molecular formula is C12H21N3O2. The molecule has 1 aromatic heterocycles. The van der Waals surface area contributed by atoms with Crippen molar-refractivity contribution < 1.29 is 9.84 Å². The van der Waals surface area contributed by atoms with Crippen LogP contribution in [0.2, 0.25) is 0 Å². The summed E-state index contributed by atoms with van der Waals surface area (Å²) in [6, 6.07) is 0. The maximum atomic E-state index is 9.27. The van der Waals surface area contributed by atoms with Crippen molar-refractivity contribution in [2.24, 2.45) is 0 Å². The average molecular weight is 239 g/mol. The number of hydrogen-bond donors (Lipinski definition) is 1. The van der Waals surface area contributed by atoms with Gasteiger partial charge in [-0.05, 0) is 12.8 Å². The molecule has 0 saturated heterocycles. The van der Waals surface area contributed by atoms with Gasteiger partial charge >= 0.3 is 0 Å². The van der Waals surface area contributed by atoms with Crippen molar-refractivity contribution in [3.63, 3.8) is 0 Å². The fraction of sp³-hybridized carbons (Fsp3) is 0.833. The SMILES string of the molecule is COCCn1c(CO)nnc1C1CCCCC1. The Bertz CT molecular complexity index is 346. The molecule has 1 saturated carbocycles. The number of nitrogens with zero attached hydrogens (tertiary/aromatic N) is 3. The third kappa shape index (κ3) is 2.84. The summed E-state index contributed by atoms with van der Waals surface area (Å²) in [4.78, 5) is 0. The van der Waals surface area contributed by atoms with E-state index in [2.05, 4.69) is 10.2 Å². The van der Waals surface area contributed by atoms with Gasteiger partial charge in [-0.1, -0.05) is 19.3 Å². The van der Waals surface area contributed by atoms with Crippen LogP contribution in [-0.4, -0.2) is 33.6 Å². The second-order valence-corrected chi connectivity index (χ2v) is 4.61. The molecule has 0 bridgehead atoms. The molecule has 1 aromatic rings. The summed E-state index contributed by atoms with van der Waals surface area (Å²) in [6.07, 6.45) is 6.26. The van der Waals surface area contributed by atoms with Crippen LogP contribution in [0.3, 0.4) is 0 Å². The van der Waals surface area contributed by atoms with Crippen molar-refractivity contribution in [2.75, 3.05) is 13.7 Å². The van der Waals surface area contributed by atoms with Crippen LogP contribution in [-0.2, 0) is 17.9 Å². The zero-order chi connectivity index (χ0) is 12.1. The molecule has 17 heavy (non-hydrogen) atoms. The summed E-state index contributed by atoms with van der Waals surface area (Å²) < 4.78 is 7.13. The van der Waals surface area contributed by atoms with E-state index in [1.54, 1.807) is 7.11 Å². The van der Waals surface area contributed by atoms with E-state index in [0.717, 1.165) is 12.4 Å². The summed E-state index contributed by atoms with van der Waals surface area (Å²) in [7, 11) is 1.68. The van der Waals surface area contributed by atoms with Crippen molar-refractivity contribution in [1.29, 1.82) is 0 Å². The fourth-order valence-electron chi connectivity index (χ4n) is 2.56. The highest BCUT2D eigenvalue weighted by atomic mass is 16.5. The lowest BCUT2D eigenvalue weighted by atomic mass is 9.88. The van der Waals surface area contributed by atoms with Gasteiger partial charge in [0.2, 0.25) is 0 Å². The molecule has 0 amide bonds. The Morgan fingerprint density at radius 3 is 2.71 bits per heavy atom. The minimum Gasteiger partial charge on any atom is -0.388 e. The standard InChI is InChI=1S/C12H21N3O2/c1-17-8-7-15-11(9-16)13-14-12(15)10-5-3-2-4-6-10/h10,16H,2-9H2,1H3. The summed E-state index contributed by atoms with van der Waals surface area (Å²) in [6.45, 7) is 1.30. The first-order valence-corrected chi connectivity index (χ1v) is 6.38. The van der Waals surface area contributed by atoms with E-state index >= 15 is 0 Å². The van der Waals surface area contributed by atoms with Crippen LogP contribution in [0.4, 0.5) is 0 Å². The largest absolute Gasteiger partial charge is 0.388 e. The Kier molecular flexibility index (Phi) is 4.50. The minimum atomic E-state index is -0.0521. The molecule has 1 aliphatic carbocycles. The van der Waals surface area contributed by atoms with Crippen molar-refractivity contribution in [2.45, 2.75) is 51.2 Å². The zero-order valence-electron chi connectivity index (χ0n) is 10.4. The van der Waals surface area contributed by atoms with Crippen LogP contribution in [0.25, 0.3) is 0 Å². The number of methoxy groups -OCH3 is 1. The molecule has 0 unspecified atom stereocenters. The molecule has 0 aliphatic heterocycles. The Morgan fingerprint density at radius 2 is 2.06 bits per heavy atom. The topological polar surface area (TPSA) is 60.2 Å². The Balaban J connectivity index is 2.16. The third-order valence-electron chi connectivity index (χ3n) is 3.49. The van der Waals surface area contributed by atoms with Gasteiger partial charge in [-0.15, -0.1) is 10.2 Å². The van der Waals surface area contributed by atoms with Crippen molar-refractivity contribution in [1.82, 2.24) is 14.8 Å². The van der Waals surface area contributed by atoms with Crippen LogP contribution < -0.4 is 0 Å². The van der Waals surface area contributed by atoms with E-state index in [4.69, 9.17) is 4.74 Å². The lowest BCUT2D eigenvalue weighted by Crippen LogP contribution is -2.16. The first-order valence-electron chi connectivity index (χ1n) is 6.38. The maximum Gasteiger partial charge on any atom is 0.158 e. The molecule has 0 aromatic carbocycles. The molecule has 1 fully saturated rings. The van der Waals surface area contributed by atoms with Gasteiger partial charge in [-0.25, -0.2) is 0 Å². The molecule has 1 aliphatic rings. The van der Waals surface area contributed by atoms with Gasteiger partial charge in [0.15, 0.2) is 5.82 Å². The minimum absolute atomic E-state index is 0.0521. The predicted molar refractivity (Wildman–Crippen MR) is 63.6 cm³/mol. The van der Waals surface area contributed by atoms with E-state index in [1.165, 1.54) is 32.1 Å². The number of hydrogen-bond acceptors (Lipinski definition) is 4. The van der Waals surface area contributed by atoms with Crippen LogP contribution >= 0.6 is 0 Å². The van der Waals surface area contributed by atoms with Gasteiger partial charge in [0.1, 0.15) is 12.4 Å². The molecule has 0 atom stereocenters. The monoisotopic (exact) mass is 239 g/mol. The summed E-state index contributed by atoms with van der Waals surface area (Å²) in [5, 5.41) is 17.6. The van der Waals surface area contributed by atoms with Gasteiger partial charge in [0, 0.05) is 19.6 Å². The third-order valence-corrected chi connectivity index (χ3v) is 3.49. The molecular weight excluding hydrogens is 218 g/mol. The van der Waals surface area contributed by atoms with Crippen molar-refractivity contribution in [3.8, 4) is 0 Å². The van der Waals surface area contributed by atoms with E-state index in [0.29, 0.717) is 18.3 Å². The van der Waals surface area contributed by atoms with Crippen LogP contribution in [0.5, 0.6) is 0 Å². The number of ether oxygens (including phenoxy) is 1. The Hall–Kier alpha value is -0.940. The first kappa shape index (κ1) is 12.5. The maximum absolute atomic E-state index is 9.27. The molecule has 5 nitrogen and oxygen atoms in total. The van der Waals surface area contributed by atoms with Gasteiger partial charge in [0.05, 0.1) is 6.61 Å². The summed E-state index contributed by atoms with van der Waals surface area (Å²) >= 11 is 0. The van der Waals surface area contributed by atoms with Gasteiger partial charge in [0.25, 0.3) is 0 Å². The van der Waals surface area contributed by atoms with E-state index in [1.807, 2.05) is 4.57 Å². The highest BCUT2D eigenvalue weighted by Gasteiger charge is 2.22. The fourth-order valence-corrected chi connectivity index (χ4v) is 2.56. The lowest BCUT2D eigenvalue weighted by molar-refractivity contribution is 0.180. The van der Waals surface area contributed by atoms with Crippen LogP contribution in [0.1, 0.15) is 49.7 Å². The summed E-state index contributed by atoms with van der Waals surface area (Å²) in [5.74, 6) is 2.20. The molecule has 5 heteroatoms. The first-order chi connectivity index (χ1) is 8.36. The van der Waals surface area contributed by atoms with Crippen molar-refractivity contribution >= 4 is 0 Å². The van der Waals surface area contributed by atoms with E-state index in [-0.39, 0.29) is 6.61 Å². The Morgan fingerprint density at radius 1 is 1.29 bits per heavy atom. The second-order valence-electron chi connectivity index (χ2n) is 4.61. The number of aliphatic hydroxyl groups is 1. The number of aliphatic hydroxyl groups excluding tert-OH is 1. The quantitative estimate of drug-likeness (QED) is 0.845. The zero-order valence-corrected chi connectivity index (χ0v) is 10.4. The molecule has 0 spiro atoms. The van der Waals surface area contributed by atoms with E-state index < -0.39 is 0 Å². The molecule has 2 rings (SSSR count). The van der Waals surface area contributed by atoms with Gasteiger partial charge in [-0.2, -0.15) is 0 Å². The molecule has 1 heterocycles. The van der Waals surface area contributed by atoms with E-state index in [9.17, 15) is 5.11 Å². The Labute approximate surface area is 102 Å². The highest BCUT2D eigenvalue weighted by molar-refractivity contribution is 5.03. The summed E-state index contributed by atoms with van der Waals surface area (Å²) in [5.41, 5.74) is 0. The molecule has 96 valence electrons. The van der Waals surface area contributed by atoms with Gasteiger partial charge < -0.3 is 14.4 Å². The number of rotatable bonds is 5. The van der Waals surface area contributed by atoms with Crippen LogP contribution in [0, 0.1) is 0 Å². The molecule has 0 radical (unpaired) electrons. The normalized spacial score (nSPS) is 17.5. The average Bonchev–Trinajstić information content (AvgIpc) is 2.80. The molecule has 1 N–H and O–H groups in total. The highest BCUT2D eigenvalue weighted by Crippen LogP contribution is 2.31. The predicted octanol–water partition coefficient (Wildman–Crippen LogP) is 1.46. The lowest BCUT2D eigenvalue weighted by Gasteiger charge is -2.21. The smallest absolute Gasteiger partial charge is 0.158 e. The number of aromatic nitrogens is 3. The van der Waals surface area contributed by atoms with Crippen molar-refractivity contribution in [3.05, 3.63) is 11.6 Å². The van der Waals surface area contributed by atoms with Crippen LogP contribution in [0.15, 0.2) is 0 Å².